The van der Waals surface area contributed by atoms with Gasteiger partial charge in [0.25, 0.3) is 11.8 Å². The van der Waals surface area contributed by atoms with Crippen molar-refractivity contribution in [2.24, 2.45) is 0 Å². The van der Waals surface area contributed by atoms with Crippen LogP contribution in [0.15, 0.2) is 12.1 Å². The Labute approximate surface area is 141 Å². The lowest BCUT2D eigenvalue weighted by molar-refractivity contribution is -0.120. The molecule has 0 aliphatic carbocycles. The van der Waals surface area contributed by atoms with E-state index in [9.17, 15) is 19.2 Å². The number of amides is 5. The van der Waals surface area contributed by atoms with Crippen LogP contribution in [-0.4, -0.2) is 41.2 Å². The number of nitrogens with one attached hydrogen (secondary N) is 2. The maximum Gasteiger partial charge on any atom is 0.321 e. The van der Waals surface area contributed by atoms with Gasteiger partial charge in [0, 0.05) is 6.04 Å². The van der Waals surface area contributed by atoms with Crippen LogP contribution in [0.5, 0.6) is 0 Å². The highest BCUT2D eigenvalue weighted by atomic mass is 35.5. The second-order valence-corrected chi connectivity index (χ2v) is 6.00. The van der Waals surface area contributed by atoms with Crippen molar-refractivity contribution < 1.29 is 19.2 Å². The second-order valence-electron chi connectivity index (χ2n) is 5.18. The van der Waals surface area contributed by atoms with E-state index in [2.05, 4.69) is 5.32 Å². The van der Waals surface area contributed by atoms with Crippen molar-refractivity contribution in [3.8, 4) is 0 Å². The van der Waals surface area contributed by atoms with Gasteiger partial charge in [0.1, 0.15) is 6.54 Å². The van der Waals surface area contributed by atoms with Crippen molar-refractivity contribution in [3.63, 3.8) is 0 Å². The van der Waals surface area contributed by atoms with E-state index in [0.29, 0.717) is 0 Å². The van der Waals surface area contributed by atoms with Gasteiger partial charge in [-0.3, -0.25) is 24.6 Å². The molecule has 0 saturated carbocycles. The summed E-state index contributed by atoms with van der Waals surface area (Å²) >= 11 is 11.7. The average Bonchev–Trinajstić information content (AvgIpc) is 2.64. The summed E-state index contributed by atoms with van der Waals surface area (Å²) in [6.45, 7) is 2.87. The number of hydrogen-bond donors (Lipinski definition) is 2. The third kappa shape index (κ3) is 3.62. The van der Waals surface area contributed by atoms with Crippen molar-refractivity contribution in [2.45, 2.75) is 19.9 Å². The van der Waals surface area contributed by atoms with Crippen LogP contribution in [0.3, 0.4) is 0 Å². The Hall–Kier alpha value is -2.12. The van der Waals surface area contributed by atoms with Crippen molar-refractivity contribution in [2.75, 3.05) is 6.54 Å². The van der Waals surface area contributed by atoms with Crippen LogP contribution in [0.1, 0.15) is 34.6 Å². The first-order chi connectivity index (χ1) is 10.7. The number of halogens is 2. The van der Waals surface area contributed by atoms with Gasteiger partial charge in [0.15, 0.2) is 0 Å². The van der Waals surface area contributed by atoms with Gasteiger partial charge in [-0.15, -0.1) is 0 Å². The van der Waals surface area contributed by atoms with Crippen LogP contribution in [0, 0.1) is 0 Å². The zero-order chi connectivity index (χ0) is 17.3. The minimum Gasteiger partial charge on any atom is -0.336 e. The van der Waals surface area contributed by atoms with E-state index in [1.807, 2.05) is 5.32 Å². The van der Waals surface area contributed by atoms with Gasteiger partial charge < -0.3 is 5.32 Å². The van der Waals surface area contributed by atoms with Crippen molar-refractivity contribution in [1.29, 1.82) is 0 Å². The van der Waals surface area contributed by atoms with Crippen molar-refractivity contribution >= 4 is 47.0 Å². The number of nitrogens with zero attached hydrogens (tertiary/aromatic N) is 1. The molecule has 0 unspecified atom stereocenters. The monoisotopic (exact) mass is 357 g/mol. The molecule has 0 radical (unpaired) electrons. The number of benzene rings is 1. The van der Waals surface area contributed by atoms with E-state index in [1.54, 1.807) is 13.8 Å². The summed E-state index contributed by atoms with van der Waals surface area (Å²) in [5, 5.41) is 4.77. The molecule has 122 valence electrons. The number of rotatable bonds is 3. The van der Waals surface area contributed by atoms with Crippen molar-refractivity contribution in [3.05, 3.63) is 33.3 Å². The van der Waals surface area contributed by atoms with E-state index in [0.717, 1.165) is 4.90 Å². The first-order valence-corrected chi connectivity index (χ1v) is 7.42. The van der Waals surface area contributed by atoms with Gasteiger partial charge in [-0.25, -0.2) is 4.79 Å². The summed E-state index contributed by atoms with van der Waals surface area (Å²) in [5.41, 5.74) is 0.146. The lowest BCUT2D eigenvalue weighted by Crippen LogP contribution is -2.47. The van der Waals surface area contributed by atoms with Crippen LogP contribution < -0.4 is 10.6 Å². The highest BCUT2D eigenvalue weighted by Gasteiger charge is 2.37. The molecular weight excluding hydrogens is 345 g/mol. The molecule has 1 aliphatic rings. The van der Waals surface area contributed by atoms with E-state index in [-0.39, 0.29) is 27.2 Å². The average molecular weight is 358 g/mol. The fourth-order valence-electron chi connectivity index (χ4n) is 2.04. The summed E-state index contributed by atoms with van der Waals surface area (Å²) < 4.78 is 0. The summed E-state index contributed by atoms with van der Waals surface area (Å²) in [7, 11) is 0. The maximum atomic E-state index is 12.2. The Balaban J connectivity index is 2.11. The lowest BCUT2D eigenvalue weighted by Gasteiger charge is -2.14. The molecule has 7 nitrogen and oxygen atoms in total. The third-order valence-corrected chi connectivity index (χ3v) is 3.71. The summed E-state index contributed by atoms with van der Waals surface area (Å²) in [6, 6.07) is 1.70. The minimum atomic E-state index is -0.783. The SMILES string of the molecule is CC(C)NC(=O)NC(=O)CN1C(=O)c2cc(Cl)c(Cl)cc2C1=O. The number of carbonyl (C=O) groups is 4. The van der Waals surface area contributed by atoms with Gasteiger partial charge in [-0.2, -0.15) is 0 Å². The largest absolute Gasteiger partial charge is 0.336 e. The van der Waals surface area contributed by atoms with Crippen LogP contribution >= 0.6 is 23.2 Å². The Bertz CT molecular complexity index is 677. The molecule has 0 saturated heterocycles. The fourth-order valence-corrected chi connectivity index (χ4v) is 2.36. The first-order valence-electron chi connectivity index (χ1n) is 6.66. The normalized spacial score (nSPS) is 13.3. The number of imide groups is 2. The predicted molar refractivity (Wildman–Crippen MR) is 83.6 cm³/mol. The molecule has 1 heterocycles. The topological polar surface area (TPSA) is 95.6 Å². The summed E-state index contributed by atoms with van der Waals surface area (Å²) in [6.07, 6.45) is 0. The zero-order valence-electron chi connectivity index (χ0n) is 12.3. The molecule has 9 heteroatoms. The first kappa shape index (κ1) is 17.2. The smallest absolute Gasteiger partial charge is 0.321 e. The number of carbonyl (C=O) groups excluding carboxylic acids is 4. The Morgan fingerprint density at radius 2 is 1.57 bits per heavy atom. The molecular formula is C14H13Cl2N3O4. The molecule has 0 atom stereocenters. The van der Waals surface area contributed by atoms with Gasteiger partial charge in [-0.1, -0.05) is 23.2 Å². The Kier molecular flexibility index (Phi) is 4.91. The Morgan fingerprint density at radius 3 is 2.00 bits per heavy atom. The second kappa shape index (κ2) is 6.55. The fraction of sp³-hybridized carbons (Fsp3) is 0.286. The maximum absolute atomic E-state index is 12.2. The Morgan fingerprint density at radius 1 is 1.09 bits per heavy atom. The molecule has 23 heavy (non-hydrogen) atoms. The van der Waals surface area contributed by atoms with Gasteiger partial charge >= 0.3 is 6.03 Å². The molecule has 2 N–H and O–H groups in total. The number of fused-ring (bicyclic) bond motifs is 1. The number of hydrogen-bond acceptors (Lipinski definition) is 4. The van der Waals surface area contributed by atoms with E-state index in [4.69, 9.17) is 23.2 Å². The third-order valence-electron chi connectivity index (χ3n) is 2.99. The van der Waals surface area contributed by atoms with Crippen LogP contribution in [0.4, 0.5) is 4.79 Å². The van der Waals surface area contributed by atoms with E-state index < -0.39 is 30.3 Å². The molecule has 1 aliphatic heterocycles. The lowest BCUT2D eigenvalue weighted by atomic mass is 10.1. The summed E-state index contributed by atoms with van der Waals surface area (Å²) in [4.78, 5) is 48.4. The van der Waals surface area contributed by atoms with Gasteiger partial charge in [0.05, 0.1) is 21.2 Å². The molecule has 2 rings (SSSR count). The quantitative estimate of drug-likeness (QED) is 0.806. The molecule has 0 spiro atoms. The number of urea groups is 1. The van der Waals surface area contributed by atoms with Gasteiger partial charge in [0.2, 0.25) is 5.91 Å². The van der Waals surface area contributed by atoms with E-state index >= 15 is 0 Å². The minimum absolute atomic E-state index is 0.0730. The molecule has 0 aromatic heterocycles. The van der Waals surface area contributed by atoms with Crippen molar-refractivity contribution in [1.82, 2.24) is 15.5 Å². The highest BCUT2D eigenvalue weighted by molar-refractivity contribution is 6.43. The zero-order valence-corrected chi connectivity index (χ0v) is 13.8. The van der Waals surface area contributed by atoms with Gasteiger partial charge in [-0.05, 0) is 26.0 Å². The van der Waals surface area contributed by atoms with Crippen LogP contribution in [0.25, 0.3) is 0 Å². The molecule has 0 fully saturated rings. The molecule has 1 aromatic carbocycles. The van der Waals surface area contributed by atoms with Crippen LogP contribution in [-0.2, 0) is 4.79 Å². The summed E-state index contributed by atoms with van der Waals surface area (Å²) in [5.74, 6) is -2.11. The van der Waals surface area contributed by atoms with E-state index in [1.165, 1.54) is 12.1 Å². The standard InChI is InChI=1S/C14H13Cl2N3O4/c1-6(2)17-14(23)18-11(20)5-19-12(21)7-3-9(15)10(16)4-8(7)13(19)22/h3-4,6H,5H2,1-2H3,(H2,17,18,20,23). The van der Waals surface area contributed by atoms with Crippen LogP contribution in [0.2, 0.25) is 10.0 Å². The predicted octanol–water partition coefficient (Wildman–Crippen LogP) is 1.82. The molecule has 0 bridgehead atoms. The molecule has 5 amide bonds. The highest BCUT2D eigenvalue weighted by Crippen LogP contribution is 2.31. The molecule has 1 aromatic rings.